The Balaban J connectivity index is 1.86. The molecule has 0 bridgehead atoms. The standard InChI is InChI=1S/C12H19N3O/c13-10(7-11-2-1-5-16-11)6-9-8-15-4-3-12(9)14/h3-4,8,10-11H,1-2,5-7,13H2,(H2,14,15). The van der Waals surface area contributed by atoms with Crippen LogP contribution in [0.25, 0.3) is 0 Å². The third kappa shape index (κ3) is 2.93. The van der Waals surface area contributed by atoms with Crippen molar-refractivity contribution >= 4 is 5.69 Å². The highest BCUT2D eigenvalue weighted by atomic mass is 16.5. The SMILES string of the molecule is Nc1ccncc1CC(N)CC1CCCO1. The van der Waals surface area contributed by atoms with Crippen LogP contribution in [0.15, 0.2) is 18.5 Å². The molecule has 4 nitrogen and oxygen atoms in total. The zero-order valence-electron chi connectivity index (χ0n) is 9.43. The highest BCUT2D eigenvalue weighted by molar-refractivity contribution is 5.44. The van der Waals surface area contributed by atoms with E-state index in [-0.39, 0.29) is 6.04 Å². The number of rotatable bonds is 4. The van der Waals surface area contributed by atoms with Gasteiger partial charge >= 0.3 is 0 Å². The molecule has 0 aromatic carbocycles. The first-order valence-corrected chi connectivity index (χ1v) is 5.81. The van der Waals surface area contributed by atoms with Crippen molar-refractivity contribution in [2.45, 2.75) is 37.8 Å². The van der Waals surface area contributed by atoms with Crippen molar-refractivity contribution in [2.75, 3.05) is 12.3 Å². The minimum absolute atomic E-state index is 0.106. The lowest BCUT2D eigenvalue weighted by Crippen LogP contribution is -2.28. The smallest absolute Gasteiger partial charge is 0.0590 e. The lowest BCUT2D eigenvalue weighted by atomic mass is 10.0. The van der Waals surface area contributed by atoms with Gasteiger partial charge in [0.1, 0.15) is 0 Å². The van der Waals surface area contributed by atoms with E-state index in [1.165, 1.54) is 0 Å². The summed E-state index contributed by atoms with van der Waals surface area (Å²) in [5.41, 5.74) is 13.8. The molecule has 1 saturated heterocycles. The maximum atomic E-state index is 6.09. The second kappa shape index (κ2) is 5.27. The molecular weight excluding hydrogens is 202 g/mol. The minimum Gasteiger partial charge on any atom is -0.398 e. The first-order chi connectivity index (χ1) is 7.75. The summed E-state index contributed by atoms with van der Waals surface area (Å²) in [6.07, 6.45) is 7.82. The molecule has 1 fully saturated rings. The Bertz CT molecular complexity index is 337. The first kappa shape index (κ1) is 11.4. The average molecular weight is 221 g/mol. The highest BCUT2D eigenvalue weighted by Gasteiger charge is 2.19. The molecular formula is C12H19N3O. The summed E-state index contributed by atoms with van der Waals surface area (Å²) in [4.78, 5) is 4.06. The molecule has 4 heteroatoms. The molecule has 4 N–H and O–H groups in total. The van der Waals surface area contributed by atoms with E-state index in [1.54, 1.807) is 12.4 Å². The molecule has 2 heterocycles. The van der Waals surface area contributed by atoms with Gasteiger partial charge in [-0.2, -0.15) is 0 Å². The van der Waals surface area contributed by atoms with E-state index in [2.05, 4.69) is 4.98 Å². The van der Waals surface area contributed by atoms with Gasteiger partial charge in [0.15, 0.2) is 0 Å². The molecule has 0 spiro atoms. The van der Waals surface area contributed by atoms with E-state index in [0.29, 0.717) is 6.10 Å². The number of aromatic nitrogens is 1. The second-order valence-electron chi connectivity index (χ2n) is 4.41. The zero-order chi connectivity index (χ0) is 11.4. The number of hydrogen-bond acceptors (Lipinski definition) is 4. The lowest BCUT2D eigenvalue weighted by Gasteiger charge is -2.16. The summed E-state index contributed by atoms with van der Waals surface area (Å²) < 4.78 is 5.56. The third-order valence-corrected chi connectivity index (χ3v) is 3.01. The lowest BCUT2D eigenvalue weighted by molar-refractivity contribution is 0.0983. The molecule has 0 amide bonds. The van der Waals surface area contributed by atoms with Crippen LogP contribution in [-0.2, 0) is 11.2 Å². The van der Waals surface area contributed by atoms with Crippen molar-refractivity contribution in [1.29, 1.82) is 0 Å². The third-order valence-electron chi connectivity index (χ3n) is 3.01. The van der Waals surface area contributed by atoms with Crippen LogP contribution in [-0.4, -0.2) is 23.7 Å². The number of pyridine rings is 1. The van der Waals surface area contributed by atoms with Crippen molar-refractivity contribution < 1.29 is 4.74 Å². The average Bonchev–Trinajstić information content (AvgIpc) is 2.74. The molecule has 0 radical (unpaired) electrons. The molecule has 1 aliphatic heterocycles. The van der Waals surface area contributed by atoms with Gasteiger partial charge in [0, 0.05) is 30.7 Å². The topological polar surface area (TPSA) is 74.2 Å². The summed E-state index contributed by atoms with van der Waals surface area (Å²) in [6, 6.07) is 1.92. The number of anilines is 1. The Morgan fingerprint density at radius 3 is 3.12 bits per heavy atom. The van der Waals surface area contributed by atoms with Crippen LogP contribution in [0, 0.1) is 0 Å². The highest BCUT2D eigenvalue weighted by Crippen LogP contribution is 2.19. The Morgan fingerprint density at radius 2 is 2.44 bits per heavy atom. The molecule has 16 heavy (non-hydrogen) atoms. The fourth-order valence-electron chi connectivity index (χ4n) is 2.14. The number of nitrogens with two attached hydrogens (primary N) is 2. The molecule has 1 aromatic rings. The van der Waals surface area contributed by atoms with Gasteiger partial charge in [-0.1, -0.05) is 0 Å². The summed E-state index contributed by atoms with van der Waals surface area (Å²) >= 11 is 0. The molecule has 0 aliphatic carbocycles. The van der Waals surface area contributed by atoms with E-state index in [9.17, 15) is 0 Å². The summed E-state index contributed by atoms with van der Waals surface area (Å²) in [5, 5.41) is 0. The molecule has 1 aromatic heterocycles. The molecule has 1 aliphatic rings. The Hall–Kier alpha value is -1.13. The van der Waals surface area contributed by atoms with E-state index < -0.39 is 0 Å². The van der Waals surface area contributed by atoms with E-state index >= 15 is 0 Å². The van der Waals surface area contributed by atoms with Crippen LogP contribution in [0.2, 0.25) is 0 Å². The maximum Gasteiger partial charge on any atom is 0.0590 e. The fourth-order valence-corrected chi connectivity index (χ4v) is 2.14. The number of nitrogens with zero attached hydrogens (tertiary/aromatic N) is 1. The van der Waals surface area contributed by atoms with E-state index in [4.69, 9.17) is 16.2 Å². The van der Waals surface area contributed by atoms with Gasteiger partial charge in [-0.05, 0) is 37.3 Å². The van der Waals surface area contributed by atoms with Gasteiger partial charge in [0.05, 0.1) is 6.10 Å². The largest absolute Gasteiger partial charge is 0.398 e. The molecule has 2 unspecified atom stereocenters. The van der Waals surface area contributed by atoms with E-state index in [1.807, 2.05) is 6.07 Å². The monoisotopic (exact) mass is 221 g/mol. The quantitative estimate of drug-likeness (QED) is 0.798. The Kier molecular flexibility index (Phi) is 3.74. The van der Waals surface area contributed by atoms with Gasteiger partial charge in [-0.25, -0.2) is 0 Å². The van der Waals surface area contributed by atoms with Gasteiger partial charge in [-0.15, -0.1) is 0 Å². The van der Waals surface area contributed by atoms with Gasteiger partial charge in [0.2, 0.25) is 0 Å². The van der Waals surface area contributed by atoms with Gasteiger partial charge in [-0.3, -0.25) is 4.98 Å². The normalized spacial score (nSPS) is 22.2. The minimum atomic E-state index is 0.106. The summed E-state index contributed by atoms with van der Waals surface area (Å²) in [7, 11) is 0. The number of ether oxygens (including phenoxy) is 1. The number of nitrogen functional groups attached to an aromatic ring is 1. The maximum absolute atomic E-state index is 6.09. The predicted octanol–water partition coefficient (Wildman–Crippen LogP) is 1.10. The van der Waals surface area contributed by atoms with Crippen LogP contribution in [0.4, 0.5) is 5.69 Å². The van der Waals surface area contributed by atoms with Crippen molar-refractivity contribution in [2.24, 2.45) is 5.73 Å². The molecule has 2 rings (SSSR count). The Morgan fingerprint density at radius 1 is 1.56 bits per heavy atom. The van der Waals surface area contributed by atoms with Crippen molar-refractivity contribution in [3.8, 4) is 0 Å². The van der Waals surface area contributed by atoms with Gasteiger partial charge in [0.25, 0.3) is 0 Å². The van der Waals surface area contributed by atoms with Crippen LogP contribution in [0.5, 0.6) is 0 Å². The molecule has 2 atom stereocenters. The summed E-state index contributed by atoms with van der Waals surface area (Å²) in [6.45, 7) is 0.881. The van der Waals surface area contributed by atoms with Crippen LogP contribution >= 0.6 is 0 Å². The van der Waals surface area contributed by atoms with Crippen LogP contribution < -0.4 is 11.5 Å². The summed E-state index contributed by atoms with van der Waals surface area (Å²) in [5.74, 6) is 0. The first-order valence-electron chi connectivity index (χ1n) is 5.81. The van der Waals surface area contributed by atoms with Crippen molar-refractivity contribution in [1.82, 2.24) is 4.98 Å². The molecule has 88 valence electrons. The van der Waals surface area contributed by atoms with Crippen molar-refractivity contribution in [3.63, 3.8) is 0 Å². The molecule has 0 saturated carbocycles. The zero-order valence-corrected chi connectivity index (χ0v) is 9.43. The van der Waals surface area contributed by atoms with Gasteiger partial charge < -0.3 is 16.2 Å². The van der Waals surface area contributed by atoms with E-state index in [0.717, 1.165) is 43.5 Å². The Labute approximate surface area is 96.0 Å². The number of hydrogen-bond donors (Lipinski definition) is 2. The van der Waals surface area contributed by atoms with Crippen LogP contribution in [0.1, 0.15) is 24.8 Å². The fraction of sp³-hybridized carbons (Fsp3) is 0.583. The second-order valence-corrected chi connectivity index (χ2v) is 4.41. The van der Waals surface area contributed by atoms with Crippen molar-refractivity contribution in [3.05, 3.63) is 24.0 Å². The predicted molar refractivity (Wildman–Crippen MR) is 63.9 cm³/mol. The van der Waals surface area contributed by atoms with Crippen LogP contribution in [0.3, 0.4) is 0 Å².